The third-order valence-electron chi connectivity index (χ3n) is 5.10. The van der Waals surface area contributed by atoms with Crippen LogP contribution in [0.3, 0.4) is 0 Å². The van der Waals surface area contributed by atoms with Gasteiger partial charge >= 0.3 is 11.9 Å². The maximum atomic E-state index is 10.8. The normalized spacial score (nSPS) is 11.5. The number of aliphatic carboxylic acids is 2. The van der Waals surface area contributed by atoms with Crippen LogP contribution in [-0.4, -0.2) is 22.2 Å². The number of rotatable bonds is 20. The van der Waals surface area contributed by atoms with Crippen LogP contribution in [0.15, 0.2) is 12.2 Å². The summed E-state index contributed by atoms with van der Waals surface area (Å²) < 4.78 is 0. The van der Waals surface area contributed by atoms with Crippen molar-refractivity contribution >= 4 is 11.9 Å². The molecule has 0 fully saturated rings. The first-order valence-electron chi connectivity index (χ1n) is 11.2. The fourth-order valence-electron chi connectivity index (χ4n) is 3.30. The van der Waals surface area contributed by atoms with Crippen LogP contribution < -0.4 is 0 Å². The Labute approximate surface area is 166 Å². The van der Waals surface area contributed by atoms with Crippen molar-refractivity contribution in [1.29, 1.82) is 0 Å². The number of carboxylic acid groups (broad SMARTS) is 2. The van der Waals surface area contributed by atoms with Gasteiger partial charge in [-0.25, -0.2) is 0 Å². The van der Waals surface area contributed by atoms with E-state index in [0.29, 0.717) is 6.42 Å². The molecule has 4 nitrogen and oxygen atoms in total. The van der Waals surface area contributed by atoms with E-state index in [1.165, 1.54) is 83.5 Å². The van der Waals surface area contributed by atoms with E-state index < -0.39 is 17.9 Å². The van der Waals surface area contributed by atoms with Crippen LogP contribution in [0.5, 0.6) is 0 Å². The zero-order chi connectivity index (χ0) is 20.2. The summed E-state index contributed by atoms with van der Waals surface area (Å²) >= 11 is 0. The van der Waals surface area contributed by atoms with Gasteiger partial charge in [-0.15, -0.1) is 0 Å². The second-order valence-electron chi connectivity index (χ2n) is 7.66. The number of carboxylic acids is 2. The van der Waals surface area contributed by atoms with Crippen molar-refractivity contribution in [3.63, 3.8) is 0 Å². The van der Waals surface area contributed by atoms with Crippen LogP contribution in [0, 0.1) is 5.92 Å². The molecule has 0 radical (unpaired) electrons. The molecule has 0 saturated heterocycles. The van der Waals surface area contributed by atoms with Gasteiger partial charge in [0.1, 0.15) is 0 Å². The topological polar surface area (TPSA) is 74.6 Å². The van der Waals surface area contributed by atoms with E-state index in [4.69, 9.17) is 10.2 Å². The number of allylic oxidation sites excluding steroid dienone is 2. The van der Waals surface area contributed by atoms with Crippen molar-refractivity contribution in [1.82, 2.24) is 0 Å². The van der Waals surface area contributed by atoms with Crippen LogP contribution in [0.4, 0.5) is 0 Å². The second-order valence-corrected chi connectivity index (χ2v) is 7.66. The minimum atomic E-state index is -1.24. The standard InChI is InChI=1S/C23H42O4/c1-2-3-4-5-6-7-8-9-10-11-12-13-14-15-16-17-18-19-20-21(22(24)25)23(26)27/h9-10,21H,2-8,11-20H2,1H3,(H,24,25)(H,26,27)/b10-9-. The molecule has 0 aliphatic rings. The van der Waals surface area contributed by atoms with E-state index in [-0.39, 0.29) is 6.42 Å². The molecule has 2 N–H and O–H groups in total. The highest BCUT2D eigenvalue weighted by atomic mass is 16.4. The quantitative estimate of drug-likeness (QED) is 0.135. The lowest BCUT2D eigenvalue weighted by Crippen LogP contribution is -2.23. The van der Waals surface area contributed by atoms with Crippen molar-refractivity contribution in [2.45, 2.75) is 116 Å². The highest BCUT2D eigenvalue weighted by molar-refractivity contribution is 5.92. The minimum Gasteiger partial charge on any atom is -0.481 e. The average molecular weight is 383 g/mol. The maximum Gasteiger partial charge on any atom is 0.317 e. The predicted octanol–water partition coefficient (Wildman–Crippen LogP) is 6.98. The molecule has 0 aromatic rings. The SMILES string of the molecule is CCCCCCCC/C=C\CCCCCCCCCCC(C(=O)O)C(=O)O. The smallest absolute Gasteiger partial charge is 0.317 e. The van der Waals surface area contributed by atoms with Crippen molar-refractivity contribution in [3.8, 4) is 0 Å². The van der Waals surface area contributed by atoms with Gasteiger partial charge in [0.2, 0.25) is 0 Å². The zero-order valence-electron chi connectivity index (χ0n) is 17.5. The van der Waals surface area contributed by atoms with Crippen LogP contribution in [0.25, 0.3) is 0 Å². The number of hydrogen-bond donors (Lipinski definition) is 2. The molecule has 0 rings (SSSR count). The molecular weight excluding hydrogens is 340 g/mol. The van der Waals surface area contributed by atoms with Gasteiger partial charge in [0.05, 0.1) is 0 Å². The summed E-state index contributed by atoms with van der Waals surface area (Å²) in [6, 6.07) is 0. The van der Waals surface area contributed by atoms with E-state index in [1.807, 2.05) is 0 Å². The third-order valence-corrected chi connectivity index (χ3v) is 5.10. The Hall–Kier alpha value is -1.32. The molecule has 0 bridgehead atoms. The van der Waals surface area contributed by atoms with Gasteiger partial charge in [0.25, 0.3) is 0 Å². The van der Waals surface area contributed by atoms with Crippen LogP contribution >= 0.6 is 0 Å². The van der Waals surface area contributed by atoms with Gasteiger partial charge in [-0.05, 0) is 32.1 Å². The average Bonchev–Trinajstić information content (AvgIpc) is 2.63. The molecule has 0 spiro atoms. The van der Waals surface area contributed by atoms with Crippen LogP contribution in [-0.2, 0) is 9.59 Å². The van der Waals surface area contributed by atoms with E-state index in [2.05, 4.69) is 19.1 Å². The van der Waals surface area contributed by atoms with Gasteiger partial charge in [-0.1, -0.05) is 96.1 Å². The van der Waals surface area contributed by atoms with Gasteiger partial charge in [0, 0.05) is 0 Å². The van der Waals surface area contributed by atoms with E-state index in [9.17, 15) is 9.59 Å². The van der Waals surface area contributed by atoms with Crippen molar-refractivity contribution < 1.29 is 19.8 Å². The lowest BCUT2D eigenvalue weighted by atomic mass is 10.00. The van der Waals surface area contributed by atoms with Crippen LogP contribution in [0.2, 0.25) is 0 Å². The number of unbranched alkanes of at least 4 members (excludes halogenated alkanes) is 14. The largest absolute Gasteiger partial charge is 0.481 e. The van der Waals surface area contributed by atoms with Crippen LogP contribution in [0.1, 0.15) is 116 Å². The predicted molar refractivity (Wildman–Crippen MR) is 112 cm³/mol. The molecule has 0 aromatic carbocycles. The minimum absolute atomic E-state index is 0.246. The molecule has 4 heteroatoms. The van der Waals surface area contributed by atoms with Gasteiger partial charge < -0.3 is 10.2 Å². The highest BCUT2D eigenvalue weighted by Gasteiger charge is 2.24. The molecule has 0 aliphatic heterocycles. The maximum absolute atomic E-state index is 10.8. The number of carbonyl (C=O) groups is 2. The summed E-state index contributed by atoms with van der Waals surface area (Å²) in [6.07, 6.45) is 24.4. The van der Waals surface area contributed by atoms with Crippen molar-refractivity contribution in [2.24, 2.45) is 5.92 Å². The summed E-state index contributed by atoms with van der Waals surface area (Å²) in [7, 11) is 0. The Morgan fingerprint density at radius 3 is 1.41 bits per heavy atom. The molecular formula is C23H42O4. The summed E-state index contributed by atoms with van der Waals surface area (Å²) in [5.74, 6) is -3.67. The highest BCUT2D eigenvalue weighted by Crippen LogP contribution is 2.14. The van der Waals surface area contributed by atoms with Crippen molar-refractivity contribution in [2.75, 3.05) is 0 Å². The fraction of sp³-hybridized carbons (Fsp3) is 0.826. The summed E-state index contributed by atoms with van der Waals surface area (Å²) in [5, 5.41) is 17.6. The van der Waals surface area contributed by atoms with E-state index >= 15 is 0 Å². The molecule has 0 saturated carbocycles. The third kappa shape index (κ3) is 17.8. The molecule has 0 amide bonds. The molecule has 0 atom stereocenters. The van der Waals surface area contributed by atoms with E-state index in [1.54, 1.807) is 0 Å². The van der Waals surface area contributed by atoms with Gasteiger partial charge in [-0.3, -0.25) is 9.59 Å². The zero-order valence-corrected chi connectivity index (χ0v) is 17.5. The first-order chi connectivity index (χ1) is 13.1. The Kier molecular flexibility index (Phi) is 18.5. The second kappa shape index (κ2) is 19.4. The molecule has 0 unspecified atom stereocenters. The monoisotopic (exact) mass is 382 g/mol. The summed E-state index contributed by atoms with van der Waals surface area (Å²) in [6.45, 7) is 2.26. The Bertz CT molecular complexity index is 376. The van der Waals surface area contributed by atoms with E-state index in [0.717, 1.165) is 12.8 Å². The fourth-order valence-corrected chi connectivity index (χ4v) is 3.30. The van der Waals surface area contributed by atoms with Gasteiger partial charge in [0.15, 0.2) is 5.92 Å². The summed E-state index contributed by atoms with van der Waals surface area (Å²) in [5.41, 5.74) is 0. The Morgan fingerprint density at radius 1 is 0.630 bits per heavy atom. The van der Waals surface area contributed by atoms with Gasteiger partial charge in [-0.2, -0.15) is 0 Å². The lowest BCUT2D eigenvalue weighted by Gasteiger charge is -2.06. The molecule has 0 aromatic heterocycles. The summed E-state index contributed by atoms with van der Waals surface area (Å²) in [4.78, 5) is 21.5. The Balaban J connectivity index is 3.28. The molecule has 158 valence electrons. The molecule has 27 heavy (non-hydrogen) atoms. The first kappa shape index (κ1) is 25.7. The van der Waals surface area contributed by atoms with Crippen molar-refractivity contribution in [3.05, 3.63) is 12.2 Å². The Morgan fingerprint density at radius 2 is 1.00 bits per heavy atom. The number of hydrogen-bond acceptors (Lipinski definition) is 2. The first-order valence-corrected chi connectivity index (χ1v) is 11.2. The molecule has 0 aliphatic carbocycles. The molecule has 0 heterocycles. The lowest BCUT2D eigenvalue weighted by molar-refractivity contribution is -0.154.